The molecule has 0 aliphatic heterocycles. The first-order chi connectivity index (χ1) is 7.13. The summed E-state index contributed by atoms with van der Waals surface area (Å²) in [5, 5.41) is 10.7. The molecule has 1 rings (SSSR count). The summed E-state index contributed by atoms with van der Waals surface area (Å²) in [6, 6.07) is 7.55. The van der Waals surface area contributed by atoms with Crippen LogP contribution >= 0.6 is 0 Å². The zero-order valence-electron chi connectivity index (χ0n) is 8.75. The lowest BCUT2D eigenvalue weighted by atomic mass is 10.1. The number of hydrogen-bond acceptors (Lipinski definition) is 3. The number of rotatable bonds is 4. The molecule has 4 N–H and O–H groups in total. The highest BCUT2D eigenvalue weighted by molar-refractivity contribution is 6.06. The molecule has 0 amide bonds. The van der Waals surface area contributed by atoms with Crippen molar-refractivity contribution in [2.75, 3.05) is 5.32 Å². The SMILES string of the molecule is C=C(C)Nc1ccc(C(=N)/C=C\N)cc1. The molecule has 15 heavy (non-hydrogen) atoms. The van der Waals surface area contributed by atoms with Crippen LogP contribution in [0.25, 0.3) is 0 Å². The van der Waals surface area contributed by atoms with Gasteiger partial charge >= 0.3 is 0 Å². The van der Waals surface area contributed by atoms with Crippen LogP contribution in [0.4, 0.5) is 5.69 Å². The minimum Gasteiger partial charge on any atom is -0.405 e. The Morgan fingerprint density at radius 1 is 1.40 bits per heavy atom. The van der Waals surface area contributed by atoms with E-state index in [2.05, 4.69) is 11.9 Å². The van der Waals surface area contributed by atoms with Crippen LogP contribution < -0.4 is 11.1 Å². The summed E-state index contributed by atoms with van der Waals surface area (Å²) in [6.45, 7) is 5.65. The Hall–Kier alpha value is -2.03. The zero-order valence-corrected chi connectivity index (χ0v) is 8.75. The Bertz CT molecular complexity index is 388. The first-order valence-corrected chi connectivity index (χ1v) is 4.63. The van der Waals surface area contributed by atoms with Gasteiger partial charge in [-0.2, -0.15) is 0 Å². The van der Waals surface area contributed by atoms with Crippen LogP contribution in [0.2, 0.25) is 0 Å². The topological polar surface area (TPSA) is 61.9 Å². The number of allylic oxidation sites excluding steroid dienone is 2. The summed E-state index contributed by atoms with van der Waals surface area (Å²) >= 11 is 0. The normalized spacial score (nSPS) is 10.2. The molecule has 0 spiro atoms. The summed E-state index contributed by atoms with van der Waals surface area (Å²) in [5.41, 5.74) is 8.31. The van der Waals surface area contributed by atoms with E-state index in [-0.39, 0.29) is 0 Å². The average Bonchev–Trinajstić information content (AvgIpc) is 2.18. The van der Waals surface area contributed by atoms with E-state index in [0.717, 1.165) is 16.9 Å². The van der Waals surface area contributed by atoms with E-state index < -0.39 is 0 Å². The molecule has 78 valence electrons. The Balaban J connectivity index is 2.80. The molecular formula is C12H15N3. The molecule has 0 atom stereocenters. The van der Waals surface area contributed by atoms with E-state index in [1.807, 2.05) is 31.2 Å². The van der Waals surface area contributed by atoms with Crippen LogP contribution in [0.15, 0.2) is 48.8 Å². The fourth-order valence-corrected chi connectivity index (χ4v) is 1.17. The minimum absolute atomic E-state index is 0.402. The maximum Gasteiger partial charge on any atom is 0.0626 e. The van der Waals surface area contributed by atoms with E-state index in [0.29, 0.717) is 5.71 Å². The van der Waals surface area contributed by atoms with Gasteiger partial charge < -0.3 is 16.5 Å². The molecule has 0 fully saturated rings. The van der Waals surface area contributed by atoms with Gasteiger partial charge in [-0.25, -0.2) is 0 Å². The van der Waals surface area contributed by atoms with Crippen molar-refractivity contribution in [3.8, 4) is 0 Å². The predicted molar refractivity (Wildman–Crippen MR) is 65.0 cm³/mol. The smallest absolute Gasteiger partial charge is 0.0626 e. The molecule has 3 nitrogen and oxygen atoms in total. The van der Waals surface area contributed by atoms with Crippen LogP contribution in [-0.4, -0.2) is 5.71 Å². The van der Waals surface area contributed by atoms with Gasteiger partial charge in [-0.3, -0.25) is 0 Å². The van der Waals surface area contributed by atoms with Gasteiger partial charge in [0.25, 0.3) is 0 Å². The molecule has 1 aromatic carbocycles. The number of nitrogens with two attached hydrogens (primary N) is 1. The second-order valence-corrected chi connectivity index (χ2v) is 3.26. The van der Waals surface area contributed by atoms with Crippen molar-refractivity contribution in [3.05, 3.63) is 54.4 Å². The highest BCUT2D eigenvalue weighted by atomic mass is 14.9. The van der Waals surface area contributed by atoms with Gasteiger partial charge in [-0.1, -0.05) is 18.7 Å². The summed E-state index contributed by atoms with van der Waals surface area (Å²) in [6.07, 6.45) is 2.92. The molecule has 3 heteroatoms. The van der Waals surface area contributed by atoms with Crippen LogP contribution in [0.1, 0.15) is 12.5 Å². The Kier molecular flexibility index (Phi) is 3.68. The van der Waals surface area contributed by atoms with E-state index in [4.69, 9.17) is 11.1 Å². The lowest BCUT2D eigenvalue weighted by Gasteiger charge is -2.05. The van der Waals surface area contributed by atoms with Gasteiger partial charge in [0.2, 0.25) is 0 Å². The van der Waals surface area contributed by atoms with Gasteiger partial charge in [0.15, 0.2) is 0 Å². The molecule has 0 aliphatic carbocycles. The number of benzene rings is 1. The van der Waals surface area contributed by atoms with Crippen LogP contribution in [0.5, 0.6) is 0 Å². The Morgan fingerprint density at radius 2 is 2.00 bits per heavy atom. The number of hydrogen-bond donors (Lipinski definition) is 3. The van der Waals surface area contributed by atoms with Crippen molar-refractivity contribution in [2.45, 2.75) is 6.92 Å². The lowest BCUT2D eigenvalue weighted by Crippen LogP contribution is -1.97. The third-order valence-corrected chi connectivity index (χ3v) is 1.82. The summed E-state index contributed by atoms with van der Waals surface area (Å²) < 4.78 is 0. The van der Waals surface area contributed by atoms with E-state index >= 15 is 0 Å². The van der Waals surface area contributed by atoms with Gasteiger partial charge in [-0.15, -0.1) is 0 Å². The first kappa shape index (κ1) is 11.0. The summed E-state index contributed by atoms with van der Waals surface area (Å²) in [5.74, 6) is 0. The second-order valence-electron chi connectivity index (χ2n) is 3.26. The third kappa shape index (κ3) is 3.31. The molecule has 0 radical (unpaired) electrons. The summed E-state index contributed by atoms with van der Waals surface area (Å²) in [7, 11) is 0. The van der Waals surface area contributed by atoms with E-state index in [9.17, 15) is 0 Å². The van der Waals surface area contributed by atoms with E-state index in [1.165, 1.54) is 6.20 Å². The molecule has 0 aliphatic rings. The molecule has 0 saturated carbocycles. The van der Waals surface area contributed by atoms with Gasteiger partial charge in [-0.05, 0) is 36.9 Å². The molecule has 0 unspecified atom stereocenters. The standard InChI is InChI=1S/C12H15N3/c1-9(2)15-11-5-3-10(4-6-11)12(14)7-8-13/h3-8,14-15H,1,13H2,2H3/b8-7-,14-12?. The van der Waals surface area contributed by atoms with Crippen LogP contribution in [0, 0.1) is 5.41 Å². The van der Waals surface area contributed by atoms with Crippen molar-refractivity contribution < 1.29 is 0 Å². The number of nitrogens with one attached hydrogen (secondary N) is 2. The van der Waals surface area contributed by atoms with Crippen molar-refractivity contribution in [1.82, 2.24) is 0 Å². The fourth-order valence-electron chi connectivity index (χ4n) is 1.17. The first-order valence-electron chi connectivity index (χ1n) is 4.63. The predicted octanol–water partition coefficient (Wildman–Crippen LogP) is 2.47. The largest absolute Gasteiger partial charge is 0.405 e. The molecule has 1 aromatic rings. The second kappa shape index (κ2) is 5.00. The molecule has 0 aromatic heterocycles. The van der Waals surface area contributed by atoms with Gasteiger partial charge in [0, 0.05) is 11.4 Å². The van der Waals surface area contributed by atoms with Crippen molar-refractivity contribution in [3.63, 3.8) is 0 Å². The van der Waals surface area contributed by atoms with Gasteiger partial charge in [0.05, 0.1) is 5.71 Å². The summed E-state index contributed by atoms with van der Waals surface area (Å²) in [4.78, 5) is 0. The lowest BCUT2D eigenvalue weighted by molar-refractivity contribution is 1.39. The third-order valence-electron chi connectivity index (χ3n) is 1.82. The maximum atomic E-state index is 7.64. The zero-order chi connectivity index (χ0) is 11.3. The van der Waals surface area contributed by atoms with Crippen LogP contribution in [0.3, 0.4) is 0 Å². The molecular weight excluding hydrogens is 186 g/mol. The average molecular weight is 201 g/mol. The van der Waals surface area contributed by atoms with Crippen molar-refractivity contribution >= 4 is 11.4 Å². The van der Waals surface area contributed by atoms with Crippen LogP contribution in [-0.2, 0) is 0 Å². The van der Waals surface area contributed by atoms with Crippen molar-refractivity contribution in [1.29, 1.82) is 5.41 Å². The fraction of sp³-hybridized carbons (Fsp3) is 0.0833. The maximum absolute atomic E-state index is 7.64. The minimum atomic E-state index is 0.402. The van der Waals surface area contributed by atoms with Crippen molar-refractivity contribution in [2.24, 2.45) is 5.73 Å². The number of anilines is 1. The van der Waals surface area contributed by atoms with Gasteiger partial charge in [0.1, 0.15) is 0 Å². The molecule has 0 bridgehead atoms. The Morgan fingerprint density at radius 3 is 2.47 bits per heavy atom. The molecule has 0 saturated heterocycles. The van der Waals surface area contributed by atoms with E-state index in [1.54, 1.807) is 6.08 Å². The highest BCUT2D eigenvalue weighted by Crippen LogP contribution is 2.11. The monoisotopic (exact) mass is 201 g/mol. The Labute approximate surface area is 89.8 Å². The highest BCUT2D eigenvalue weighted by Gasteiger charge is 1.97. The quantitative estimate of drug-likeness (QED) is 0.655. The molecule has 0 heterocycles.